The number of anilines is 1. The molecule has 1 fully saturated rings. The van der Waals surface area contributed by atoms with Crippen molar-refractivity contribution in [3.8, 4) is 6.07 Å². The Morgan fingerprint density at radius 2 is 2.22 bits per heavy atom. The van der Waals surface area contributed by atoms with Gasteiger partial charge >= 0.3 is 0 Å². The van der Waals surface area contributed by atoms with Crippen molar-refractivity contribution in [2.75, 3.05) is 5.73 Å². The molecule has 2 heterocycles. The maximum absolute atomic E-state index is 12.8. The number of nitriles is 1. The lowest BCUT2D eigenvalue weighted by molar-refractivity contribution is -0.128. The van der Waals surface area contributed by atoms with E-state index in [1.165, 1.54) is 16.7 Å². The number of piperidine rings is 1. The van der Waals surface area contributed by atoms with Crippen molar-refractivity contribution in [3.05, 3.63) is 33.9 Å². The van der Waals surface area contributed by atoms with Crippen LogP contribution in [0.5, 0.6) is 0 Å². The van der Waals surface area contributed by atoms with Gasteiger partial charge in [0.2, 0.25) is 5.91 Å². The molecule has 23 heavy (non-hydrogen) atoms. The maximum atomic E-state index is 12.8. The highest BCUT2D eigenvalue weighted by Gasteiger charge is 2.30. The van der Waals surface area contributed by atoms with Crippen LogP contribution in [-0.2, 0) is 4.79 Å². The molecule has 0 aliphatic carbocycles. The topological polar surface area (TPSA) is 134 Å². The Hall–Kier alpha value is -2.92. The molecule has 2 atom stereocenters. The number of aromatic nitrogens is 2. The zero-order valence-electron chi connectivity index (χ0n) is 12.4. The van der Waals surface area contributed by atoms with Crippen LogP contribution in [0.2, 0.25) is 0 Å². The molecule has 8 heteroatoms. The number of carbonyl (C=O) groups is 1. The number of benzene rings is 1. The molecule has 2 aromatic rings. The van der Waals surface area contributed by atoms with Crippen LogP contribution >= 0.6 is 0 Å². The van der Waals surface area contributed by atoms with Crippen molar-refractivity contribution < 1.29 is 9.90 Å². The minimum atomic E-state index is -1.16. The number of nitrogens with one attached hydrogen (secondary N) is 1. The summed E-state index contributed by atoms with van der Waals surface area (Å²) < 4.78 is 1.36. The zero-order valence-corrected chi connectivity index (χ0v) is 12.4. The van der Waals surface area contributed by atoms with Gasteiger partial charge in [0.25, 0.3) is 5.56 Å². The van der Waals surface area contributed by atoms with Gasteiger partial charge in [0.15, 0.2) is 0 Å². The number of nitrogen functional groups attached to an aromatic ring is 1. The number of aryl methyl sites for hydroxylation is 1. The number of nitrogens with two attached hydrogens (primary N) is 1. The van der Waals surface area contributed by atoms with Crippen LogP contribution in [0, 0.1) is 18.3 Å². The smallest absolute Gasteiger partial charge is 0.263 e. The third kappa shape index (κ3) is 2.41. The average molecular weight is 313 g/mol. The van der Waals surface area contributed by atoms with Gasteiger partial charge in [0.05, 0.1) is 28.6 Å². The first-order valence-electron chi connectivity index (χ1n) is 7.12. The second kappa shape index (κ2) is 5.37. The first-order chi connectivity index (χ1) is 10.9. The quantitative estimate of drug-likeness (QED) is 0.631. The van der Waals surface area contributed by atoms with Gasteiger partial charge < -0.3 is 16.2 Å². The van der Waals surface area contributed by atoms with E-state index in [0.717, 1.165) is 0 Å². The van der Waals surface area contributed by atoms with Crippen molar-refractivity contribution in [3.63, 3.8) is 0 Å². The highest BCUT2D eigenvalue weighted by atomic mass is 16.3. The van der Waals surface area contributed by atoms with E-state index in [1.54, 1.807) is 6.92 Å². The van der Waals surface area contributed by atoms with Crippen LogP contribution < -0.4 is 16.6 Å². The van der Waals surface area contributed by atoms with E-state index >= 15 is 0 Å². The summed E-state index contributed by atoms with van der Waals surface area (Å²) in [6, 6.07) is 4.29. The molecule has 1 amide bonds. The van der Waals surface area contributed by atoms with E-state index < -0.39 is 17.8 Å². The summed E-state index contributed by atoms with van der Waals surface area (Å²) in [5, 5.41) is 21.7. The van der Waals surface area contributed by atoms with E-state index in [9.17, 15) is 14.7 Å². The molecule has 2 unspecified atom stereocenters. The van der Waals surface area contributed by atoms with Crippen molar-refractivity contribution in [2.24, 2.45) is 0 Å². The largest absolute Gasteiger partial charge is 0.398 e. The first kappa shape index (κ1) is 15.0. The molecule has 1 aromatic carbocycles. The van der Waals surface area contributed by atoms with Crippen LogP contribution in [-0.4, -0.2) is 26.8 Å². The summed E-state index contributed by atoms with van der Waals surface area (Å²) in [5.74, 6) is 0.128. The van der Waals surface area contributed by atoms with Crippen LogP contribution in [0.15, 0.2) is 16.9 Å². The SMILES string of the molecule is Cc1nc2cc(C#N)cc(N)c2c(=O)n1C1CCC(=O)NC1O. The lowest BCUT2D eigenvalue weighted by Gasteiger charge is -2.30. The Morgan fingerprint density at radius 3 is 2.87 bits per heavy atom. The summed E-state index contributed by atoms with van der Waals surface area (Å²) in [4.78, 5) is 28.5. The normalized spacial score (nSPS) is 21.0. The first-order valence-corrected chi connectivity index (χ1v) is 7.12. The molecule has 1 aliphatic heterocycles. The fraction of sp³-hybridized carbons (Fsp3) is 0.333. The van der Waals surface area contributed by atoms with Gasteiger partial charge in [-0.3, -0.25) is 14.2 Å². The second-order valence-electron chi connectivity index (χ2n) is 5.52. The summed E-state index contributed by atoms with van der Waals surface area (Å²) >= 11 is 0. The summed E-state index contributed by atoms with van der Waals surface area (Å²) in [6.45, 7) is 1.64. The Morgan fingerprint density at radius 1 is 1.48 bits per heavy atom. The predicted molar refractivity (Wildman–Crippen MR) is 82.3 cm³/mol. The third-order valence-corrected chi connectivity index (χ3v) is 4.01. The van der Waals surface area contributed by atoms with E-state index in [1.807, 2.05) is 6.07 Å². The molecule has 118 valence electrons. The number of aliphatic hydroxyl groups excluding tert-OH is 1. The second-order valence-corrected chi connectivity index (χ2v) is 5.52. The van der Waals surface area contributed by atoms with Crippen LogP contribution in [0.3, 0.4) is 0 Å². The molecule has 1 aromatic heterocycles. The number of rotatable bonds is 1. The van der Waals surface area contributed by atoms with Gasteiger partial charge in [-0.05, 0) is 25.5 Å². The molecule has 8 nitrogen and oxygen atoms in total. The van der Waals surface area contributed by atoms with Crippen LogP contribution in [0.25, 0.3) is 10.9 Å². The zero-order chi connectivity index (χ0) is 16.7. The molecule has 0 spiro atoms. The number of nitrogens with zero attached hydrogens (tertiary/aromatic N) is 3. The number of hydrogen-bond acceptors (Lipinski definition) is 6. The van der Waals surface area contributed by atoms with E-state index in [2.05, 4.69) is 10.3 Å². The van der Waals surface area contributed by atoms with Gasteiger partial charge in [-0.25, -0.2) is 4.98 Å². The van der Waals surface area contributed by atoms with Gasteiger partial charge in [0.1, 0.15) is 12.1 Å². The maximum Gasteiger partial charge on any atom is 0.263 e. The molecular formula is C15H15N5O3. The van der Waals surface area contributed by atoms with E-state index in [-0.39, 0.29) is 23.4 Å². The van der Waals surface area contributed by atoms with Gasteiger partial charge in [0, 0.05) is 12.1 Å². The van der Waals surface area contributed by atoms with E-state index in [0.29, 0.717) is 23.3 Å². The lowest BCUT2D eigenvalue weighted by atomic mass is 10.0. The molecule has 4 N–H and O–H groups in total. The molecule has 1 aliphatic rings. The summed E-state index contributed by atoms with van der Waals surface area (Å²) in [6.07, 6.45) is -0.613. The summed E-state index contributed by atoms with van der Waals surface area (Å²) in [5.41, 5.74) is 6.34. The Labute approximate surface area is 131 Å². The Bertz CT molecular complexity index is 912. The van der Waals surface area contributed by atoms with Crippen molar-refractivity contribution in [2.45, 2.75) is 32.0 Å². The predicted octanol–water partition coefficient (Wildman–Crippen LogP) is -0.0717. The summed E-state index contributed by atoms with van der Waals surface area (Å²) in [7, 11) is 0. The fourth-order valence-electron chi connectivity index (χ4n) is 2.96. The van der Waals surface area contributed by atoms with E-state index in [4.69, 9.17) is 11.0 Å². The highest BCUT2D eigenvalue weighted by molar-refractivity contribution is 5.90. The standard InChI is InChI=1S/C15H15N5O3/c1-7-18-10-5-8(6-16)4-9(17)13(10)15(23)20(7)11-2-3-12(21)19-14(11)22/h4-5,11,14,22H,2-3,17H2,1H3,(H,19,21). The average Bonchev–Trinajstić information content (AvgIpc) is 2.48. The molecule has 0 bridgehead atoms. The van der Waals surface area contributed by atoms with Gasteiger partial charge in [-0.15, -0.1) is 0 Å². The monoisotopic (exact) mass is 313 g/mol. The van der Waals surface area contributed by atoms with Crippen molar-refractivity contribution in [1.29, 1.82) is 5.26 Å². The number of hydrogen-bond donors (Lipinski definition) is 3. The number of aliphatic hydroxyl groups is 1. The molecular weight excluding hydrogens is 298 g/mol. The van der Waals surface area contributed by atoms with Gasteiger partial charge in [-0.2, -0.15) is 5.26 Å². The minimum absolute atomic E-state index is 0.166. The highest BCUT2D eigenvalue weighted by Crippen LogP contribution is 2.24. The Kier molecular flexibility index (Phi) is 3.50. The van der Waals surface area contributed by atoms with Gasteiger partial charge in [-0.1, -0.05) is 0 Å². The van der Waals surface area contributed by atoms with Crippen molar-refractivity contribution >= 4 is 22.5 Å². The van der Waals surface area contributed by atoms with Crippen LogP contribution in [0.4, 0.5) is 5.69 Å². The Balaban J connectivity index is 2.23. The third-order valence-electron chi connectivity index (χ3n) is 4.01. The molecule has 3 rings (SSSR count). The minimum Gasteiger partial charge on any atom is -0.398 e. The number of amides is 1. The fourth-order valence-corrected chi connectivity index (χ4v) is 2.96. The lowest BCUT2D eigenvalue weighted by Crippen LogP contribution is -2.48. The number of carbonyl (C=O) groups excluding carboxylic acids is 1. The van der Waals surface area contributed by atoms with Crippen molar-refractivity contribution in [1.82, 2.24) is 14.9 Å². The molecule has 1 saturated heterocycles. The van der Waals surface area contributed by atoms with Crippen LogP contribution in [0.1, 0.15) is 30.3 Å². The molecule has 0 saturated carbocycles. The molecule has 0 radical (unpaired) electrons. The number of fused-ring (bicyclic) bond motifs is 1.